The molecule has 32 heavy (non-hydrogen) atoms. The standard InChI is InChI=1S/C25H23NO5S/c1-4-15-7-10-17(11-8-15)26-22(20-6-5-13-32-20)21(24(28)25(26)29)23(27)16-9-12-18(30-2)19(14-16)31-3/h5-14,22,27H,4H2,1-3H3/b23-21-. The van der Waals surface area contributed by atoms with E-state index in [-0.39, 0.29) is 11.3 Å². The predicted octanol–water partition coefficient (Wildman–Crippen LogP) is 4.95. The van der Waals surface area contributed by atoms with Crippen molar-refractivity contribution >= 4 is 34.5 Å². The lowest BCUT2D eigenvalue weighted by Crippen LogP contribution is -2.29. The fourth-order valence-corrected chi connectivity index (χ4v) is 4.67. The summed E-state index contributed by atoms with van der Waals surface area (Å²) in [6.07, 6.45) is 0.868. The lowest BCUT2D eigenvalue weighted by Gasteiger charge is -2.24. The van der Waals surface area contributed by atoms with Crippen molar-refractivity contribution in [3.8, 4) is 11.5 Å². The SMILES string of the molecule is CCc1ccc(N2C(=O)C(=O)/C(=C(\O)c3ccc(OC)c(OC)c3)C2c2cccs2)cc1. The molecular formula is C25H23NO5S. The molecule has 1 unspecified atom stereocenters. The minimum atomic E-state index is -0.727. The number of hydrogen-bond donors (Lipinski definition) is 1. The van der Waals surface area contributed by atoms with Gasteiger partial charge in [-0.25, -0.2) is 0 Å². The van der Waals surface area contributed by atoms with Crippen LogP contribution in [0.25, 0.3) is 5.76 Å². The number of aryl methyl sites for hydroxylation is 1. The first-order chi connectivity index (χ1) is 15.5. The van der Waals surface area contributed by atoms with Gasteiger partial charge in [0.15, 0.2) is 11.5 Å². The summed E-state index contributed by atoms with van der Waals surface area (Å²) in [4.78, 5) is 28.5. The zero-order chi connectivity index (χ0) is 22.8. The average Bonchev–Trinajstić information content (AvgIpc) is 3.45. The second-order valence-electron chi connectivity index (χ2n) is 7.27. The molecule has 0 bridgehead atoms. The lowest BCUT2D eigenvalue weighted by atomic mass is 9.99. The van der Waals surface area contributed by atoms with E-state index < -0.39 is 17.7 Å². The molecule has 0 radical (unpaired) electrons. The summed E-state index contributed by atoms with van der Waals surface area (Å²) in [5.41, 5.74) is 2.14. The van der Waals surface area contributed by atoms with Gasteiger partial charge in [0.2, 0.25) is 0 Å². The number of aliphatic hydroxyl groups excluding tert-OH is 1. The third-order valence-corrected chi connectivity index (χ3v) is 6.46. The summed E-state index contributed by atoms with van der Waals surface area (Å²) in [6.45, 7) is 2.05. The van der Waals surface area contributed by atoms with E-state index in [2.05, 4.69) is 6.92 Å². The van der Waals surface area contributed by atoms with Crippen molar-refractivity contribution in [3.05, 3.63) is 81.6 Å². The summed E-state index contributed by atoms with van der Waals surface area (Å²) in [5.74, 6) is -0.746. The molecule has 1 amide bonds. The van der Waals surface area contributed by atoms with Crippen molar-refractivity contribution in [3.63, 3.8) is 0 Å². The van der Waals surface area contributed by atoms with Crippen LogP contribution in [0.2, 0.25) is 0 Å². The van der Waals surface area contributed by atoms with Crippen LogP contribution in [0.3, 0.4) is 0 Å². The van der Waals surface area contributed by atoms with Crippen molar-refractivity contribution < 1.29 is 24.2 Å². The number of benzene rings is 2. The third kappa shape index (κ3) is 3.65. The highest BCUT2D eigenvalue weighted by Crippen LogP contribution is 2.44. The molecule has 1 aliphatic heterocycles. The highest BCUT2D eigenvalue weighted by Gasteiger charge is 2.47. The monoisotopic (exact) mass is 449 g/mol. The van der Waals surface area contributed by atoms with Gasteiger partial charge in [0.25, 0.3) is 11.7 Å². The first-order valence-corrected chi connectivity index (χ1v) is 11.0. The van der Waals surface area contributed by atoms with Gasteiger partial charge < -0.3 is 14.6 Å². The van der Waals surface area contributed by atoms with Gasteiger partial charge in [-0.05, 0) is 53.8 Å². The van der Waals surface area contributed by atoms with Crippen molar-refractivity contribution in [2.24, 2.45) is 0 Å². The molecule has 7 heteroatoms. The van der Waals surface area contributed by atoms with Gasteiger partial charge >= 0.3 is 0 Å². The number of carbonyl (C=O) groups is 2. The predicted molar refractivity (Wildman–Crippen MR) is 124 cm³/mol. The van der Waals surface area contributed by atoms with Crippen LogP contribution in [0.1, 0.15) is 29.0 Å². The number of ketones is 1. The molecule has 2 heterocycles. The first kappa shape index (κ1) is 21.6. The normalized spacial score (nSPS) is 17.6. The number of hydrogen-bond acceptors (Lipinski definition) is 6. The van der Waals surface area contributed by atoms with Crippen molar-refractivity contribution in [1.29, 1.82) is 0 Å². The highest BCUT2D eigenvalue weighted by atomic mass is 32.1. The summed E-state index contributed by atoms with van der Waals surface area (Å²) in [6, 6.07) is 15.4. The van der Waals surface area contributed by atoms with Gasteiger partial charge in [-0.2, -0.15) is 0 Å². The maximum absolute atomic E-state index is 13.1. The molecule has 1 N–H and O–H groups in total. The molecule has 1 atom stereocenters. The van der Waals surface area contributed by atoms with Crippen LogP contribution in [-0.4, -0.2) is 31.0 Å². The number of thiophene rings is 1. The fraction of sp³-hybridized carbons (Fsp3) is 0.200. The molecule has 1 fully saturated rings. The highest BCUT2D eigenvalue weighted by molar-refractivity contribution is 7.10. The number of nitrogens with zero attached hydrogens (tertiary/aromatic N) is 1. The van der Waals surface area contributed by atoms with Crippen LogP contribution in [0.15, 0.2) is 65.6 Å². The van der Waals surface area contributed by atoms with E-state index in [4.69, 9.17) is 9.47 Å². The van der Waals surface area contributed by atoms with Crippen molar-refractivity contribution in [2.45, 2.75) is 19.4 Å². The number of amides is 1. The Kier molecular flexibility index (Phi) is 6.01. The van der Waals surface area contributed by atoms with Gasteiger partial charge in [0.1, 0.15) is 11.8 Å². The van der Waals surface area contributed by atoms with Crippen molar-refractivity contribution in [2.75, 3.05) is 19.1 Å². The fourth-order valence-electron chi connectivity index (χ4n) is 3.85. The summed E-state index contributed by atoms with van der Waals surface area (Å²) >= 11 is 1.42. The van der Waals surface area contributed by atoms with E-state index in [9.17, 15) is 14.7 Å². The minimum Gasteiger partial charge on any atom is -0.507 e. The Morgan fingerprint density at radius 1 is 1.03 bits per heavy atom. The van der Waals surface area contributed by atoms with Gasteiger partial charge in [0.05, 0.1) is 19.8 Å². The van der Waals surface area contributed by atoms with E-state index in [1.807, 2.05) is 41.8 Å². The summed E-state index contributed by atoms with van der Waals surface area (Å²) in [5, 5.41) is 13.1. The molecule has 0 saturated carbocycles. The molecule has 0 aliphatic carbocycles. The van der Waals surface area contributed by atoms with Gasteiger partial charge in [0, 0.05) is 16.1 Å². The maximum atomic E-state index is 13.1. The van der Waals surface area contributed by atoms with E-state index in [0.717, 1.165) is 16.9 Å². The second-order valence-corrected chi connectivity index (χ2v) is 8.25. The smallest absolute Gasteiger partial charge is 0.300 e. The summed E-state index contributed by atoms with van der Waals surface area (Å²) < 4.78 is 10.6. The van der Waals surface area contributed by atoms with Crippen LogP contribution in [0.4, 0.5) is 5.69 Å². The first-order valence-electron chi connectivity index (χ1n) is 10.2. The van der Waals surface area contributed by atoms with E-state index in [0.29, 0.717) is 22.7 Å². The number of methoxy groups -OCH3 is 2. The van der Waals surface area contributed by atoms with Crippen LogP contribution in [0, 0.1) is 0 Å². The lowest BCUT2D eigenvalue weighted by molar-refractivity contribution is -0.132. The molecule has 1 aromatic heterocycles. The van der Waals surface area contributed by atoms with E-state index in [1.54, 1.807) is 18.2 Å². The van der Waals surface area contributed by atoms with Crippen LogP contribution in [-0.2, 0) is 16.0 Å². The molecule has 1 aliphatic rings. The number of aliphatic hydroxyl groups is 1. The van der Waals surface area contributed by atoms with Crippen LogP contribution < -0.4 is 14.4 Å². The van der Waals surface area contributed by atoms with Gasteiger partial charge in [-0.15, -0.1) is 11.3 Å². The van der Waals surface area contributed by atoms with E-state index in [1.165, 1.54) is 30.5 Å². The molecule has 1 saturated heterocycles. The summed E-state index contributed by atoms with van der Waals surface area (Å²) in [7, 11) is 3.01. The molecule has 0 spiro atoms. The van der Waals surface area contributed by atoms with Crippen molar-refractivity contribution in [1.82, 2.24) is 0 Å². The Morgan fingerprint density at radius 3 is 2.34 bits per heavy atom. The molecule has 164 valence electrons. The van der Waals surface area contributed by atoms with Crippen LogP contribution in [0.5, 0.6) is 11.5 Å². The zero-order valence-corrected chi connectivity index (χ0v) is 18.8. The van der Waals surface area contributed by atoms with Gasteiger partial charge in [-0.1, -0.05) is 25.1 Å². The Morgan fingerprint density at radius 2 is 1.75 bits per heavy atom. The number of carbonyl (C=O) groups excluding carboxylic acids is 2. The third-order valence-electron chi connectivity index (χ3n) is 5.54. The zero-order valence-electron chi connectivity index (χ0n) is 18.0. The topological polar surface area (TPSA) is 76.1 Å². The average molecular weight is 450 g/mol. The number of rotatable bonds is 6. The Bertz CT molecular complexity index is 1180. The molecular weight excluding hydrogens is 426 g/mol. The Hall–Kier alpha value is -3.58. The number of anilines is 1. The largest absolute Gasteiger partial charge is 0.507 e. The quantitative estimate of drug-likeness (QED) is 0.327. The second kappa shape index (κ2) is 8.88. The Balaban J connectivity index is 1.88. The van der Waals surface area contributed by atoms with Crippen LogP contribution >= 0.6 is 11.3 Å². The molecule has 2 aromatic carbocycles. The number of Topliss-reactive ketones (excluding diaryl/α,β-unsaturated/α-hetero) is 1. The maximum Gasteiger partial charge on any atom is 0.300 e. The van der Waals surface area contributed by atoms with E-state index >= 15 is 0 Å². The number of ether oxygens (including phenoxy) is 2. The van der Waals surface area contributed by atoms with Gasteiger partial charge in [-0.3, -0.25) is 14.5 Å². The molecule has 6 nitrogen and oxygen atoms in total. The molecule has 3 aromatic rings. The molecule has 4 rings (SSSR count). The Labute approximate surface area is 190 Å². The minimum absolute atomic E-state index is 0.0456.